The van der Waals surface area contributed by atoms with Gasteiger partial charge in [0.2, 0.25) is 0 Å². The minimum absolute atomic E-state index is 0.147. The molecule has 0 spiro atoms. The Labute approximate surface area is 109 Å². The van der Waals surface area contributed by atoms with E-state index < -0.39 is 0 Å². The van der Waals surface area contributed by atoms with E-state index >= 15 is 0 Å². The van der Waals surface area contributed by atoms with Crippen LogP contribution in [0.1, 0.15) is 25.0 Å². The number of ether oxygens (including phenoxy) is 1. The summed E-state index contributed by atoms with van der Waals surface area (Å²) in [7, 11) is 1.72. The summed E-state index contributed by atoms with van der Waals surface area (Å²) >= 11 is 0. The van der Waals surface area contributed by atoms with Gasteiger partial charge in [0.25, 0.3) is 0 Å². The molecule has 0 N–H and O–H groups in total. The molecule has 18 heavy (non-hydrogen) atoms. The summed E-state index contributed by atoms with van der Waals surface area (Å²) in [4.78, 5) is 6.90. The molecule has 1 aliphatic rings. The van der Waals surface area contributed by atoms with Gasteiger partial charge in [-0.2, -0.15) is 0 Å². The second-order valence-corrected chi connectivity index (χ2v) is 5.48. The molecule has 0 fully saturated rings. The molecule has 0 bridgehead atoms. The highest BCUT2D eigenvalue weighted by Crippen LogP contribution is 2.18. The zero-order valence-electron chi connectivity index (χ0n) is 11.5. The van der Waals surface area contributed by atoms with Crippen molar-refractivity contribution in [2.45, 2.75) is 32.4 Å². The van der Waals surface area contributed by atoms with Gasteiger partial charge in [-0.25, -0.2) is 0 Å². The summed E-state index contributed by atoms with van der Waals surface area (Å²) in [5.41, 5.74) is 2.74. The molecule has 1 aliphatic heterocycles. The highest BCUT2D eigenvalue weighted by molar-refractivity contribution is 5.57. The van der Waals surface area contributed by atoms with Gasteiger partial charge in [-0.1, -0.05) is 24.3 Å². The van der Waals surface area contributed by atoms with Gasteiger partial charge in [0.05, 0.1) is 18.5 Å². The van der Waals surface area contributed by atoms with Crippen LogP contribution in [0.3, 0.4) is 0 Å². The molecule has 1 heterocycles. The van der Waals surface area contributed by atoms with E-state index in [4.69, 9.17) is 4.74 Å². The van der Waals surface area contributed by atoms with E-state index in [1.54, 1.807) is 7.11 Å². The molecular formula is C15H22N2O. The van der Waals surface area contributed by atoms with Crippen LogP contribution in [0.25, 0.3) is 0 Å². The number of nitrogens with zero attached hydrogens (tertiary/aromatic N) is 2. The number of aliphatic imine (C=N–C) groups is 1. The highest BCUT2D eigenvalue weighted by Gasteiger charge is 2.17. The third-order valence-electron chi connectivity index (χ3n) is 3.23. The van der Waals surface area contributed by atoms with Crippen LogP contribution in [0.15, 0.2) is 29.3 Å². The number of hydrogen-bond donors (Lipinski definition) is 0. The van der Waals surface area contributed by atoms with Gasteiger partial charge in [-0.3, -0.25) is 4.99 Å². The average molecular weight is 246 g/mol. The largest absolute Gasteiger partial charge is 0.382 e. The van der Waals surface area contributed by atoms with Gasteiger partial charge in [0.1, 0.15) is 0 Å². The van der Waals surface area contributed by atoms with E-state index in [1.807, 2.05) is 6.34 Å². The summed E-state index contributed by atoms with van der Waals surface area (Å²) in [6.45, 7) is 6.83. The third-order valence-corrected chi connectivity index (χ3v) is 3.23. The van der Waals surface area contributed by atoms with Crippen molar-refractivity contribution in [1.29, 1.82) is 0 Å². The van der Waals surface area contributed by atoms with Crippen LogP contribution in [0, 0.1) is 0 Å². The van der Waals surface area contributed by atoms with Crippen molar-refractivity contribution in [1.82, 2.24) is 4.90 Å². The first-order valence-corrected chi connectivity index (χ1v) is 6.46. The lowest BCUT2D eigenvalue weighted by atomic mass is 10.0. The Balaban J connectivity index is 1.99. The molecule has 0 saturated heterocycles. The van der Waals surface area contributed by atoms with E-state index in [9.17, 15) is 0 Å². The van der Waals surface area contributed by atoms with Gasteiger partial charge < -0.3 is 9.64 Å². The maximum atomic E-state index is 5.17. The lowest BCUT2D eigenvalue weighted by Crippen LogP contribution is -2.32. The molecule has 0 aliphatic carbocycles. The molecule has 0 saturated carbocycles. The normalized spacial score (nSPS) is 16.1. The molecular weight excluding hydrogens is 224 g/mol. The Morgan fingerprint density at radius 3 is 2.78 bits per heavy atom. The molecule has 1 aromatic rings. The summed E-state index contributed by atoms with van der Waals surface area (Å²) in [6.07, 6.45) is 3.09. The van der Waals surface area contributed by atoms with Crippen LogP contribution in [-0.4, -0.2) is 37.0 Å². The van der Waals surface area contributed by atoms with Crippen molar-refractivity contribution >= 4 is 6.34 Å². The Bertz CT molecular complexity index is 426. The van der Waals surface area contributed by atoms with Gasteiger partial charge in [-0.05, 0) is 31.4 Å². The topological polar surface area (TPSA) is 24.8 Å². The predicted octanol–water partition coefficient (Wildman–Crippen LogP) is 2.50. The van der Waals surface area contributed by atoms with Crippen molar-refractivity contribution < 1.29 is 4.74 Å². The third kappa shape index (κ3) is 3.33. The first kappa shape index (κ1) is 13.1. The monoisotopic (exact) mass is 246 g/mol. The maximum Gasteiger partial charge on any atom is 0.0860 e. The summed E-state index contributed by atoms with van der Waals surface area (Å²) < 4.78 is 5.17. The van der Waals surface area contributed by atoms with Crippen molar-refractivity contribution in [3.05, 3.63) is 35.4 Å². The lowest BCUT2D eigenvalue weighted by molar-refractivity contribution is 0.150. The quantitative estimate of drug-likeness (QED) is 0.602. The predicted molar refractivity (Wildman–Crippen MR) is 75.0 cm³/mol. The lowest BCUT2D eigenvalue weighted by Gasteiger charge is -2.28. The molecule has 3 heteroatoms. The van der Waals surface area contributed by atoms with Crippen LogP contribution in [-0.2, 0) is 17.7 Å². The molecule has 1 aromatic carbocycles. The van der Waals surface area contributed by atoms with Gasteiger partial charge >= 0.3 is 0 Å². The highest BCUT2D eigenvalue weighted by atomic mass is 16.5. The van der Waals surface area contributed by atoms with E-state index in [1.165, 1.54) is 11.1 Å². The van der Waals surface area contributed by atoms with Crippen LogP contribution in [0.2, 0.25) is 0 Å². The van der Waals surface area contributed by atoms with Crippen molar-refractivity contribution in [2.75, 3.05) is 20.3 Å². The second kappa shape index (κ2) is 5.53. The second-order valence-electron chi connectivity index (χ2n) is 5.48. The fraction of sp³-hybridized carbons (Fsp3) is 0.533. The fourth-order valence-electron chi connectivity index (χ4n) is 2.24. The summed E-state index contributed by atoms with van der Waals surface area (Å²) in [5, 5.41) is 0. The van der Waals surface area contributed by atoms with Gasteiger partial charge in [0, 0.05) is 20.2 Å². The van der Waals surface area contributed by atoms with Crippen molar-refractivity contribution in [3.8, 4) is 0 Å². The van der Waals surface area contributed by atoms with Crippen LogP contribution in [0.5, 0.6) is 0 Å². The first-order valence-electron chi connectivity index (χ1n) is 6.46. The summed E-state index contributed by atoms with van der Waals surface area (Å²) in [6, 6.07) is 8.65. The van der Waals surface area contributed by atoms with Crippen LogP contribution >= 0.6 is 0 Å². The first-order chi connectivity index (χ1) is 8.61. The Morgan fingerprint density at radius 2 is 2.06 bits per heavy atom. The van der Waals surface area contributed by atoms with Crippen LogP contribution in [0.4, 0.5) is 0 Å². The smallest absolute Gasteiger partial charge is 0.0860 e. The molecule has 0 aromatic heterocycles. The number of hydrogen-bond acceptors (Lipinski definition) is 2. The van der Waals surface area contributed by atoms with Gasteiger partial charge in [-0.15, -0.1) is 0 Å². The van der Waals surface area contributed by atoms with E-state index in [0.29, 0.717) is 6.61 Å². The number of rotatable bonds is 4. The van der Waals surface area contributed by atoms with Crippen molar-refractivity contribution in [3.63, 3.8) is 0 Å². The molecule has 98 valence electrons. The zero-order chi connectivity index (χ0) is 13.0. The Hall–Kier alpha value is -1.35. The Morgan fingerprint density at radius 1 is 1.33 bits per heavy atom. The molecule has 0 amide bonds. The standard InChI is InChI=1S/C15H22N2O/c1-15(2,11-18-3)16-12-17-9-8-13-6-4-5-7-14(13)10-17/h4-7,12H,8-11H2,1-3H3. The SMILES string of the molecule is COCC(C)(C)N=CN1CCc2ccccc2C1. The molecule has 0 unspecified atom stereocenters. The zero-order valence-corrected chi connectivity index (χ0v) is 11.5. The van der Waals surface area contributed by atoms with E-state index in [-0.39, 0.29) is 5.54 Å². The van der Waals surface area contributed by atoms with Crippen molar-refractivity contribution in [2.24, 2.45) is 4.99 Å². The molecule has 0 atom stereocenters. The average Bonchev–Trinajstić information content (AvgIpc) is 2.36. The molecule has 0 radical (unpaired) electrons. The van der Waals surface area contributed by atoms with Crippen LogP contribution < -0.4 is 0 Å². The maximum absolute atomic E-state index is 5.17. The summed E-state index contributed by atoms with van der Waals surface area (Å²) in [5.74, 6) is 0. The molecule has 2 rings (SSSR count). The van der Waals surface area contributed by atoms with E-state index in [0.717, 1.165) is 19.5 Å². The minimum atomic E-state index is -0.147. The number of methoxy groups -OCH3 is 1. The fourth-order valence-corrected chi connectivity index (χ4v) is 2.24. The van der Waals surface area contributed by atoms with Gasteiger partial charge in [0.15, 0.2) is 0 Å². The number of benzene rings is 1. The van der Waals surface area contributed by atoms with E-state index in [2.05, 4.69) is 48.0 Å². The number of fused-ring (bicyclic) bond motifs is 1. The molecule has 3 nitrogen and oxygen atoms in total. The Kier molecular flexibility index (Phi) is 4.02. The minimum Gasteiger partial charge on any atom is -0.382 e.